The van der Waals surface area contributed by atoms with Crippen LogP contribution in [0.25, 0.3) is 11.1 Å². The molecule has 0 saturated heterocycles. The molecule has 1 aliphatic rings. The van der Waals surface area contributed by atoms with E-state index in [1.165, 1.54) is 0 Å². The van der Waals surface area contributed by atoms with Crippen LogP contribution in [0.4, 0.5) is 8.78 Å². The number of nitrogens with zero attached hydrogens (tertiary/aromatic N) is 2. The summed E-state index contributed by atoms with van der Waals surface area (Å²) in [7, 11) is 0. The van der Waals surface area contributed by atoms with Crippen molar-refractivity contribution < 1.29 is 18.1 Å². The van der Waals surface area contributed by atoms with E-state index in [0.29, 0.717) is 34.7 Å². The van der Waals surface area contributed by atoms with Gasteiger partial charge >= 0.3 is 0 Å². The number of pyridine rings is 1. The largest absolute Gasteiger partial charge is 0.346 e. The maximum Gasteiger partial charge on any atom is 0.277 e. The van der Waals surface area contributed by atoms with Crippen molar-refractivity contribution in [3.05, 3.63) is 23.0 Å². The van der Waals surface area contributed by atoms with E-state index in [-0.39, 0.29) is 0 Å². The Balaban J connectivity index is 1.96. The van der Waals surface area contributed by atoms with Crippen LogP contribution in [0.3, 0.4) is 0 Å². The van der Waals surface area contributed by atoms with Crippen molar-refractivity contribution in [2.45, 2.75) is 44.4 Å². The molecule has 1 fully saturated rings. The van der Waals surface area contributed by atoms with Gasteiger partial charge in [-0.15, -0.1) is 0 Å². The smallest absolute Gasteiger partial charge is 0.277 e. The van der Waals surface area contributed by atoms with Gasteiger partial charge in [0.25, 0.3) is 17.5 Å². The minimum Gasteiger partial charge on any atom is -0.346 e. The highest BCUT2D eigenvalue weighted by Gasteiger charge is 2.31. The van der Waals surface area contributed by atoms with Crippen LogP contribution in [-0.4, -0.2) is 35.1 Å². The van der Waals surface area contributed by atoms with Crippen LogP contribution < -0.4 is 11.1 Å². The molecule has 1 saturated carbocycles. The predicted molar refractivity (Wildman–Crippen MR) is 84.1 cm³/mol. The lowest BCUT2D eigenvalue weighted by Crippen LogP contribution is -2.41. The summed E-state index contributed by atoms with van der Waals surface area (Å²) in [6.45, 7) is 0.355. The Morgan fingerprint density at radius 2 is 2.25 bits per heavy atom. The summed E-state index contributed by atoms with van der Waals surface area (Å²) in [6.07, 6.45) is 3.44. The lowest BCUT2D eigenvalue weighted by Gasteiger charge is -2.15. The third-order valence-corrected chi connectivity index (χ3v) is 4.07. The van der Waals surface area contributed by atoms with Crippen LogP contribution in [-0.2, 0) is 6.42 Å². The Morgan fingerprint density at radius 3 is 2.88 bits per heavy atom. The van der Waals surface area contributed by atoms with Crippen molar-refractivity contribution in [2.24, 2.45) is 5.73 Å². The fraction of sp³-hybridized carbons (Fsp3) is 0.562. The van der Waals surface area contributed by atoms with Crippen LogP contribution in [0.5, 0.6) is 0 Å². The van der Waals surface area contributed by atoms with Crippen molar-refractivity contribution in [3.63, 3.8) is 0 Å². The number of hydrogen-bond acceptors (Lipinski definition) is 5. The number of aromatic nitrogens is 2. The van der Waals surface area contributed by atoms with Crippen molar-refractivity contribution in [1.29, 1.82) is 0 Å². The molecule has 2 aromatic heterocycles. The first kappa shape index (κ1) is 16.8. The zero-order valence-corrected chi connectivity index (χ0v) is 13.4. The number of halogens is 2. The molecule has 8 heteroatoms. The van der Waals surface area contributed by atoms with Gasteiger partial charge in [0.15, 0.2) is 0 Å². The number of rotatable bonds is 7. The highest BCUT2D eigenvalue weighted by atomic mass is 19.3. The van der Waals surface area contributed by atoms with Gasteiger partial charge in [0.05, 0.1) is 29.7 Å². The molecule has 0 aliphatic heterocycles. The van der Waals surface area contributed by atoms with Crippen LogP contribution in [0.1, 0.15) is 53.8 Å². The van der Waals surface area contributed by atoms with Gasteiger partial charge in [-0.05, 0) is 25.3 Å². The minimum atomic E-state index is -3.14. The van der Waals surface area contributed by atoms with Crippen molar-refractivity contribution in [3.8, 4) is 0 Å². The topological polar surface area (TPSA) is 94.0 Å². The van der Waals surface area contributed by atoms with Crippen molar-refractivity contribution >= 4 is 17.0 Å². The van der Waals surface area contributed by atoms with Crippen molar-refractivity contribution in [2.75, 3.05) is 13.1 Å². The summed E-state index contributed by atoms with van der Waals surface area (Å²) in [6, 6.07) is 1.67. The number of aryl methyl sites for hydroxylation is 1. The first-order valence-electron chi connectivity index (χ1n) is 8.10. The van der Waals surface area contributed by atoms with Crippen LogP contribution in [0.15, 0.2) is 10.6 Å². The molecular formula is C16H20F2N4O2. The van der Waals surface area contributed by atoms with E-state index in [9.17, 15) is 13.6 Å². The highest BCUT2D eigenvalue weighted by Crippen LogP contribution is 2.40. The molecule has 0 atom stereocenters. The molecule has 0 unspecified atom stereocenters. The summed E-state index contributed by atoms with van der Waals surface area (Å²) in [4.78, 5) is 16.9. The predicted octanol–water partition coefficient (Wildman–Crippen LogP) is 2.38. The number of fused-ring (bicyclic) bond motifs is 1. The third-order valence-electron chi connectivity index (χ3n) is 4.07. The van der Waals surface area contributed by atoms with E-state index in [4.69, 9.17) is 10.3 Å². The van der Waals surface area contributed by atoms with E-state index in [0.717, 1.165) is 25.0 Å². The van der Waals surface area contributed by atoms with Gasteiger partial charge in [-0.3, -0.25) is 4.79 Å². The maximum atomic E-state index is 13.3. The Bertz CT molecular complexity index is 756. The molecule has 2 heterocycles. The second kappa shape index (κ2) is 6.43. The number of carbonyl (C=O) groups excluding carboxylic acids is 1. The summed E-state index contributed by atoms with van der Waals surface area (Å²) in [5.74, 6) is -3.42. The Kier molecular flexibility index (Phi) is 4.49. The molecule has 0 aromatic carbocycles. The standard InChI is InChI=1S/C16H20F2N4O2/c1-2-3-11-13-10(14(23)20-8-16(17,18)7-19)6-12(9-4-5-9)21-15(13)24-22-11/h6,9H,2-5,7-8,19H2,1H3,(H,20,23). The van der Waals surface area contributed by atoms with Gasteiger partial charge in [-0.25, -0.2) is 13.8 Å². The lowest BCUT2D eigenvalue weighted by molar-refractivity contribution is 0.0119. The highest BCUT2D eigenvalue weighted by molar-refractivity contribution is 6.06. The number of amides is 1. The summed E-state index contributed by atoms with van der Waals surface area (Å²) >= 11 is 0. The molecule has 3 rings (SSSR count). The molecular weight excluding hydrogens is 318 g/mol. The maximum absolute atomic E-state index is 13.3. The van der Waals surface area contributed by atoms with E-state index in [1.807, 2.05) is 6.92 Å². The lowest BCUT2D eigenvalue weighted by atomic mass is 10.0. The first-order chi connectivity index (χ1) is 11.4. The monoisotopic (exact) mass is 338 g/mol. The minimum absolute atomic E-state index is 0.290. The Morgan fingerprint density at radius 1 is 1.50 bits per heavy atom. The second-order valence-corrected chi connectivity index (χ2v) is 6.17. The Labute approximate surface area is 137 Å². The second-order valence-electron chi connectivity index (χ2n) is 6.17. The van der Waals surface area contributed by atoms with Gasteiger partial charge in [0.2, 0.25) is 0 Å². The third kappa shape index (κ3) is 3.38. The molecule has 24 heavy (non-hydrogen) atoms. The number of nitrogens with one attached hydrogen (secondary N) is 1. The van der Waals surface area contributed by atoms with E-state index >= 15 is 0 Å². The quantitative estimate of drug-likeness (QED) is 0.808. The average molecular weight is 338 g/mol. The average Bonchev–Trinajstić information content (AvgIpc) is 3.35. The molecule has 2 aromatic rings. The number of hydrogen-bond donors (Lipinski definition) is 2. The molecule has 1 amide bonds. The molecule has 0 bridgehead atoms. The van der Waals surface area contributed by atoms with Crippen molar-refractivity contribution in [1.82, 2.24) is 15.5 Å². The molecule has 130 valence electrons. The summed E-state index contributed by atoms with van der Waals surface area (Å²) in [5.41, 5.74) is 6.96. The Hall–Kier alpha value is -2.09. The van der Waals surface area contributed by atoms with Crippen LogP contribution >= 0.6 is 0 Å². The van der Waals surface area contributed by atoms with E-state index < -0.39 is 24.9 Å². The molecule has 3 N–H and O–H groups in total. The summed E-state index contributed by atoms with van der Waals surface area (Å²) in [5, 5.41) is 6.76. The van der Waals surface area contributed by atoms with Gasteiger partial charge in [-0.1, -0.05) is 18.5 Å². The molecule has 1 aliphatic carbocycles. The summed E-state index contributed by atoms with van der Waals surface area (Å²) < 4.78 is 31.9. The molecule has 0 spiro atoms. The number of alkyl halides is 2. The molecule has 6 nitrogen and oxygen atoms in total. The van der Waals surface area contributed by atoms with Gasteiger partial charge < -0.3 is 15.6 Å². The van der Waals surface area contributed by atoms with Gasteiger partial charge in [-0.2, -0.15) is 0 Å². The van der Waals surface area contributed by atoms with E-state index in [2.05, 4.69) is 15.5 Å². The molecule has 0 radical (unpaired) electrons. The fourth-order valence-electron chi connectivity index (χ4n) is 2.58. The van der Waals surface area contributed by atoms with Gasteiger partial charge in [0, 0.05) is 11.6 Å². The SMILES string of the molecule is CCCc1noc2nc(C3CC3)cc(C(=O)NCC(F)(F)CN)c12. The number of nitrogens with two attached hydrogens (primary N) is 1. The fourth-order valence-corrected chi connectivity index (χ4v) is 2.58. The zero-order chi connectivity index (χ0) is 17.3. The van der Waals surface area contributed by atoms with Gasteiger partial charge in [0.1, 0.15) is 0 Å². The zero-order valence-electron chi connectivity index (χ0n) is 13.4. The normalized spacial score (nSPS) is 15.0. The van der Waals surface area contributed by atoms with Crippen LogP contribution in [0, 0.1) is 0 Å². The first-order valence-corrected chi connectivity index (χ1v) is 8.10. The van der Waals surface area contributed by atoms with Crippen LogP contribution in [0.2, 0.25) is 0 Å². The van der Waals surface area contributed by atoms with E-state index in [1.54, 1.807) is 6.07 Å². The number of carbonyl (C=O) groups is 1.